The average molecular weight is 1160 g/mol. The first kappa shape index (κ1) is 80.6. The quantitative estimate of drug-likeness (QED) is 0.0320. The summed E-state index contributed by atoms with van der Waals surface area (Å²) in [5.74, 6) is -0.0338. The van der Waals surface area contributed by atoms with Crippen LogP contribution in [0.25, 0.3) is 0 Å². The Kier molecular flexibility index (Phi) is 70.8. The molecular formula is C76H149NO5. The van der Waals surface area contributed by atoms with Crippen LogP contribution in [0.5, 0.6) is 0 Å². The monoisotopic (exact) mass is 1160 g/mol. The molecule has 0 spiro atoms. The third-order valence-corrected chi connectivity index (χ3v) is 18.1. The maximum absolute atomic E-state index is 12.5. The predicted octanol–water partition coefficient (Wildman–Crippen LogP) is 24.7. The second kappa shape index (κ2) is 72.1. The number of carbonyl (C=O) groups excluding carboxylic acids is 2. The van der Waals surface area contributed by atoms with Gasteiger partial charge in [0.25, 0.3) is 0 Å². The standard InChI is InChI=1S/C76H149NO5/c1-3-5-7-9-11-13-15-17-19-20-35-39-42-46-50-54-58-62-66-70-76(81)82-71-67-63-59-55-51-47-43-40-37-34-32-30-28-26-24-22-21-23-25-27-29-31-33-36-38-41-45-49-53-57-61-65-69-75(80)77-73(72-78)74(79)68-64-60-56-52-48-44-18-16-14-12-10-8-6-4-2/h64,68,73-74,78-79H,3-63,65-67,69-72H2,1-2H3,(H,77,80)/b68-64+. The number of allylic oxidation sites excluding steroid dienone is 1. The summed E-state index contributed by atoms with van der Waals surface area (Å²) in [6, 6.07) is -0.623. The number of amides is 1. The molecule has 0 aliphatic heterocycles. The van der Waals surface area contributed by atoms with Gasteiger partial charge in [-0.3, -0.25) is 9.59 Å². The van der Waals surface area contributed by atoms with Crippen molar-refractivity contribution in [1.29, 1.82) is 0 Å². The Labute approximate surface area is 514 Å². The summed E-state index contributed by atoms with van der Waals surface area (Å²) in [5.41, 5.74) is 0. The zero-order valence-electron chi connectivity index (χ0n) is 56.0. The van der Waals surface area contributed by atoms with E-state index in [1.807, 2.05) is 6.08 Å². The van der Waals surface area contributed by atoms with Gasteiger partial charge >= 0.3 is 5.97 Å². The van der Waals surface area contributed by atoms with Crippen molar-refractivity contribution < 1.29 is 24.5 Å². The second-order valence-electron chi connectivity index (χ2n) is 26.4. The molecule has 0 aliphatic carbocycles. The molecule has 0 heterocycles. The first-order chi connectivity index (χ1) is 40.5. The van der Waals surface area contributed by atoms with Gasteiger partial charge in [0.15, 0.2) is 0 Å². The molecule has 0 radical (unpaired) electrons. The third kappa shape index (κ3) is 67.7. The molecule has 0 aromatic carbocycles. The fraction of sp³-hybridized carbons (Fsp3) is 0.947. The number of rotatable bonds is 72. The Hall–Kier alpha value is -1.40. The van der Waals surface area contributed by atoms with Crippen molar-refractivity contribution >= 4 is 11.9 Å². The van der Waals surface area contributed by atoms with Crippen LogP contribution in [0, 0.1) is 0 Å². The number of nitrogens with one attached hydrogen (secondary N) is 1. The van der Waals surface area contributed by atoms with E-state index in [1.165, 1.54) is 372 Å². The van der Waals surface area contributed by atoms with Gasteiger partial charge in [-0.05, 0) is 32.1 Å². The van der Waals surface area contributed by atoms with Crippen LogP contribution in [0.4, 0.5) is 0 Å². The lowest BCUT2D eigenvalue weighted by molar-refractivity contribution is -0.143. The molecule has 0 rings (SSSR count). The van der Waals surface area contributed by atoms with Gasteiger partial charge in [0, 0.05) is 12.8 Å². The fourth-order valence-corrected chi connectivity index (χ4v) is 12.3. The van der Waals surface area contributed by atoms with Gasteiger partial charge in [0.1, 0.15) is 0 Å². The number of unbranched alkanes of at least 4 members (excludes halogenated alkanes) is 61. The summed E-state index contributed by atoms with van der Waals surface area (Å²) < 4.78 is 5.52. The van der Waals surface area contributed by atoms with Crippen molar-refractivity contribution in [2.45, 2.75) is 450 Å². The minimum Gasteiger partial charge on any atom is -0.466 e. The van der Waals surface area contributed by atoms with E-state index in [1.54, 1.807) is 6.08 Å². The zero-order valence-corrected chi connectivity index (χ0v) is 56.0. The lowest BCUT2D eigenvalue weighted by atomic mass is 10.0. The number of hydrogen-bond donors (Lipinski definition) is 3. The molecule has 488 valence electrons. The second-order valence-corrected chi connectivity index (χ2v) is 26.4. The van der Waals surface area contributed by atoms with Crippen molar-refractivity contribution in [2.75, 3.05) is 13.2 Å². The van der Waals surface area contributed by atoms with E-state index >= 15 is 0 Å². The predicted molar refractivity (Wildman–Crippen MR) is 361 cm³/mol. The van der Waals surface area contributed by atoms with Crippen LogP contribution in [0.15, 0.2) is 12.2 Å². The first-order valence-electron chi connectivity index (χ1n) is 38.0. The molecule has 2 atom stereocenters. The maximum Gasteiger partial charge on any atom is 0.305 e. The summed E-state index contributed by atoms with van der Waals surface area (Å²) in [7, 11) is 0. The average Bonchev–Trinajstić information content (AvgIpc) is 3.48. The molecule has 3 N–H and O–H groups in total. The summed E-state index contributed by atoms with van der Waals surface area (Å²) in [6.07, 6.45) is 90.4. The summed E-state index contributed by atoms with van der Waals surface area (Å²) in [5, 5.41) is 23.2. The van der Waals surface area contributed by atoms with E-state index in [0.717, 1.165) is 38.5 Å². The molecule has 0 bridgehead atoms. The lowest BCUT2D eigenvalue weighted by Gasteiger charge is -2.20. The smallest absolute Gasteiger partial charge is 0.305 e. The Morgan fingerprint density at radius 2 is 0.561 bits per heavy atom. The van der Waals surface area contributed by atoms with Gasteiger partial charge in [-0.1, -0.05) is 405 Å². The molecular weight excluding hydrogens is 1010 g/mol. The van der Waals surface area contributed by atoms with Crippen molar-refractivity contribution in [1.82, 2.24) is 5.32 Å². The molecule has 82 heavy (non-hydrogen) atoms. The van der Waals surface area contributed by atoms with Crippen molar-refractivity contribution in [3.63, 3.8) is 0 Å². The lowest BCUT2D eigenvalue weighted by Crippen LogP contribution is -2.45. The van der Waals surface area contributed by atoms with E-state index in [2.05, 4.69) is 19.2 Å². The number of esters is 1. The van der Waals surface area contributed by atoms with Crippen LogP contribution >= 0.6 is 0 Å². The molecule has 0 aromatic heterocycles. The summed E-state index contributed by atoms with van der Waals surface area (Å²) in [6.45, 7) is 4.95. The van der Waals surface area contributed by atoms with Crippen LogP contribution in [0.3, 0.4) is 0 Å². The van der Waals surface area contributed by atoms with E-state index in [0.29, 0.717) is 19.4 Å². The third-order valence-electron chi connectivity index (χ3n) is 18.1. The first-order valence-corrected chi connectivity index (χ1v) is 38.0. The SMILES string of the molecule is CCCCCCCCCCCCCC/C=C/C(O)C(CO)NC(=O)CCCCCCCCCCCCCCCCCCCCCCCCCCCCCCCCCCOC(=O)CCCCCCCCCCCCCCCCCCCCC. The topological polar surface area (TPSA) is 95.9 Å². The molecule has 1 amide bonds. The van der Waals surface area contributed by atoms with E-state index in [9.17, 15) is 19.8 Å². The number of carbonyl (C=O) groups is 2. The molecule has 0 saturated heterocycles. The van der Waals surface area contributed by atoms with E-state index in [4.69, 9.17) is 4.74 Å². The van der Waals surface area contributed by atoms with Crippen LogP contribution in [-0.2, 0) is 14.3 Å². The molecule has 0 fully saturated rings. The minimum absolute atomic E-state index is 0.0268. The molecule has 0 saturated carbocycles. The van der Waals surface area contributed by atoms with Crippen molar-refractivity contribution in [3.8, 4) is 0 Å². The maximum atomic E-state index is 12.5. The van der Waals surface area contributed by atoms with Gasteiger partial charge in [-0.15, -0.1) is 0 Å². The number of ether oxygens (including phenoxy) is 1. The molecule has 2 unspecified atom stereocenters. The molecule has 0 aromatic rings. The minimum atomic E-state index is -0.840. The number of aliphatic hydroxyl groups excluding tert-OH is 2. The fourth-order valence-electron chi connectivity index (χ4n) is 12.3. The Bertz CT molecular complexity index is 1240. The highest BCUT2D eigenvalue weighted by Crippen LogP contribution is 2.20. The van der Waals surface area contributed by atoms with Gasteiger partial charge in [-0.25, -0.2) is 0 Å². The van der Waals surface area contributed by atoms with E-state index < -0.39 is 12.1 Å². The van der Waals surface area contributed by atoms with Crippen LogP contribution in [-0.4, -0.2) is 47.4 Å². The Morgan fingerprint density at radius 3 is 0.829 bits per heavy atom. The van der Waals surface area contributed by atoms with Crippen molar-refractivity contribution in [2.24, 2.45) is 0 Å². The number of hydrogen-bond acceptors (Lipinski definition) is 5. The highest BCUT2D eigenvalue weighted by Gasteiger charge is 2.18. The highest BCUT2D eigenvalue weighted by atomic mass is 16.5. The largest absolute Gasteiger partial charge is 0.466 e. The van der Waals surface area contributed by atoms with Gasteiger partial charge in [0.05, 0.1) is 25.4 Å². The van der Waals surface area contributed by atoms with Gasteiger partial charge in [0.2, 0.25) is 5.91 Å². The van der Waals surface area contributed by atoms with Gasteiger partial charge in [-0.2, -0.15) is 0 Å². The molecule has 6 heteroatoms. The summed E-state index contributed by atoms with van der Waals surface area (Å²) >= 11 is 0. The van der Waals surface area contributed by atoms with Gasteiger partial charge < -0.3 is 20.3 Å². The van der Waals surface area contributed by atoms with Crippen LogP contribution < -0.4 is 5.32 Å². The highest BCUT2D eigenvalue weighted by molar-refractivity contribution is 5.76. The van der Waals surface area contributed by atoms with E-state index in [-0.39, 0.29) is 18.5 Å². The van der Waals surface area contributed by atoms with Crippen LogP contribution in [0.1, 0.15) is 438 Å². The molecule has 0 aliphatic rings. The Balaban J connectivity index is 3.30. The normalized spacial score (nSPS) is 12.5. The zero-order chi connectivity index (χ0) is 59.2. The number of aliphatic hydroxyl groups is 2. The molecule has 6 nitrogen and oxygen atoms in total. The Morgan fingerprint density at radius 1 is 0.329 bits per heavy atom. The summed E-state index contributed by atoms with van der Waals surface area (Å²) in [4.78, 5) is 24.6. The van der Waals surface area contributed by atoms with Crippen molar-refractivity contribution in [3.05, 3.63) is 12.2 Å². The van der Waals surface area contributed by atoms with Crippen LogP contribution in [0.2, 0.25) is 0 Å².